The molecule has 5 heteroatoms. The number of ether oxygens (including phenoxy) is 1. The van der Waals surface area contributed by atoms with Gasteiger partial charge in [0.2, 0.25) is 0 Å². The van der Waals surface area contributed by atoms with Crippen LogP contribution in [0, 0.1) is 5.41 Å². The van der Waals surface area contributed by atoms with Crippen LogP contribution in [0.5, 0.6) is 5.75 Å². The van der Waals surface area contributed by atoms with E-state index in [1.807, 2.05) is 24.1 Å². The van der Waals surface area contributed by atoms with Crippen LogP contribution in [0.1, 0.15) is 65.0 Å². The third kappa shape index (κ3) is 3.13. The highest BCUT2D eigenvalue weighted by Gasteiger charge is 2.45. The molecule has 0 saturated heterocycles. The van der Waals surface area contributed by atoms with Gasteiger partial charge in [0.05, 0.1) is 24.0 Å². The minimum atomic E-state index is -0.293. The van der Waals surface area contributed by atoms with Gasteiger partial charge < -0.3 is 10.1 Å². The molecule has 31 heavy (non-hydrogen) atoms. The van der Waals surface area contributed by atoms with Crippen molar-refractivity contribution in [1.82, 2.24) is 14.8 Å². The molecule has 0 unspecified atom stereocenters. The molecule has 1 atom stereocenters. The first-order chi connectivity index (χ1) is 14.7. The predicted octanol–water partition coefficient (Wildman–Crippen LogP) is 5.95. The summed E-state index contributed by atoms with van der Waals surface area (Å²) in [5.41, 5.74) is 6.32. The van der Waals surface area contributed by atoms with Gasteiger partial charge in [-0.1, -0.05) is 26.0 Å². The number of aryl methyl sites for hydroxylation is 1. The summed E-state index contributed by atoms with van der Waals surface area (Å²) < 4.78 is 7.99. The summed E-state index contributed by atoms with van der Waals surface area (Å²) in [6.45, 7) is 11.2. The Morgan fingerprint density at radius 1 is 1.16 bits per heavy atom. The van der Waals surface area contributed by atoms with Crippen molar-refractivity contribution in [2.45, 2.75) is 65.4 Å². The monoisotopic (exact) mass is 416 g/mol. The number of hydrogen-bond acceptors (Lipinski definition) is 4. The molecule has 3 heterocycles. The summed E-state index contributed by atoms with van der Waals surface area (Å²) in [7, 11) is 1.98. The van der Waals surface area contributed by atoms with Crippen molar-refractivity contribution in [1.29, 1.82) is 0 Å². The van der Waals surface area contributed by atoms with E-state index in [0.717, 1.165) is 35.3 Å². The zero-order chi connectivity index (χ0) is 22.0. The Labute approximate surface area is 184 Å². The molecule has 5 nitrogen and oxygen atoms in total. The highest BCUT2D eigenvalue weighted by molar-refractivity contribution is 5.90. The van der Waals surface area contributed by atoms with Gasteiger partial charge in [-0.15, -0.1) is 0 Å². The van der Waals surface area contributed by atoms with Crippen LogP contribution in [0.3, 0.4) is 0 Å². The minimum Gasteiger partial charge on any atom is -0.491 e. The maximum Gasteiger partial charge on any atom is 0.135 e. The molecule has 1 aromatic carbocycles. The summed E-state index contributed by atoms with van der Waals surface area (Å²) in [4.78, 5) is 4.87. The van der Waals surface area contributed by atoms with Crippen molar-refractivity contribution in [3.05, 3.63) is 59.1 Å². The lowest BCUT2D eigenvalue weighted by molar-refractivity contribution is 0.242. The molecular weight excluding hydrogens is 384 g/mol. The quantitative estimate of drug-likeness (QED) is 0.573. The molecule has 5 rings (SSSR count). The van der Waals surface area contributed by atoms with Gasteiger partial charge in [-0.3, -0.25) is 4.68 Å². The SMILES string of the molecule is CC(C)Oc1cccc([C@]2(C)C3=C(CC(C)(C)CC3)Nc3ncc4c(cnn4C)c32)c1. The molecule has 0 bridgehead atoms. The lowest BCUT2D eigenvalue weighted by Crippen LogP contribution is -2.38. The first-order valence-corrected chi connectivity index (χ1v) is 11.3. The molecule has 1 aliphatic carbocycles. The summed E-state index contributed by atoms with van der Waals surface area (Å²) in [5.74, 6) is 1.87. The van der Waals surface area contributed by atoms with E-state index >= 15 is 0 Å². The van der Waals surface area contributed by atoms with Crippen LogP contribution in [0.4, 0.5) is 5.82 Å². The Kier molecular flexibility index (Phi) is 4.44. The molecular formula is C26H32N4O. The zero-order valence-corrected chi connectivity index (χ0v) is 19.4. The fourth-order valence-corrected chi connectivity index (χ4v) is 5.44. The number of anilines is 1. The molecule has 1 N–H and O–H groups in total. The average molecular weight is 417 g/mol. The molecule has 1 aliphatic heterocycles. The van der Waals surface area contributed by atoms with E-state index in [1.165, 1.54) is 28.8 Å². The second-order valence-electron chi connectivity index (χ2n) is 10.3. The second-order valence-corrected chi connectivity index (χ2v) is 10.3. The maximum atomic E-state index is 6.08. The van der Waals surface area contributed by atoms with E-state index in [9.17, 15) is 0 Å². The van der Waals surface area contributed by atoms with Gasteiger partial charge in [0.25, 0.3) is 0 Å². The molecule has 2 aliphatic rings. The standard InChI is InChI=1S/C26H32N4O/c1-16(2)31-18-9-7-8-17(12-18)26(5)20-10-11-25(3,4)13-21(20)29-24-23(26)19-14-28-30(6)22(19)15-27-24/h7-9,12,14-16H,10-11,13H2,1-6H3,(H,27,29)/t26-/m1/s1. The highest BCUT2D eigenvalue weighted by Crippen LogP contribution is 2.55. The summed E-state index contributed by atoms with van der Waals surface area (Å²) >= 11 is 0. The number of fused-ring (bicyclic) bond motifs is 3. The number of hydrogen-bond donors (Lipinski definition) is 1. The number of rotatable bonds is 3. The molecule has 2 aromatic heterocycles. The molecule has 162 valence electrons. The van der Waals surface area contributed by atoms with Crippen molar-refractivity contribution < 1.29 is 4.74 Å². The number of aromatic nitrogens is 3. The second kappa shape index (κ2) is 6.84. The average Bonchev–Trinajstić information content (AvgIpc) is 3.07. The van der Waals surface area contributed by atoms with Crippen LogP contribution in [0.25, 0.3) is 10.9 Å². The lowest BCUT2D eigenvalue weighted by atomic mass is 9.62. The van der Waals surface area contributed by atoms with Crippen LogP contribution in [0.2, 0.25) is 0 Å². The Morgan fingerprint density at radius 3 is 2.74 bits per heavy atom. The first-order valence-electron chi connectivity index (χ1n) is 11.3. The van der Waals surface area contributed by atoms with E-state index < -0.39 is 0 Å². The number of allylic oxidation sites excluding steroid dienone is 2. The van der Waals surface area contributed by atoms with E-state index in [0.29, 0.717) is 0 Å². The Hall–Kier alpha value is -2.82. The topological polar surface area (TPSA) is 52.0 Å². The minimum absolute atomic E-state index is 0.139. The van der Waals surface area contributed by atoms with E-state index in [4.69, 9.17) is 9.72 Å². The number of pyridine rings is 1. The van der Waals surface area contributed by atoms with E-state index in [1.54, 1.807) is 0 Å². The van der Waals surface area contributed by atoms with Gasteiger partial charge >= 0.3 is 0 Å². The smallest absolute Gasteiger partial charge is 0.135 e. The summed E-state index contributed by atoms with van der Waals surface area (Å²) in [5, 5.41) is 9.44. The summed E-state index contributed by atoms with van der Waals surface area (Å²) in [6.07, 6.45) is 7.34. The molecule has 0 amide bonds. The van der Waals surface area contributed by atoms with Gasteiger partial charge in [-0.25, -0.2) is 4.98 Å². The largest absolute Gasteiger partial charge is 0.491 e. The zero-order valence-electron chi connectivity index (χ0n) is 19.4. The molecule has 3 aromatic rings. The van der Waals surface area contributed by atoms with Gasteiger partial charge in [0.15, 0.2) is 0 Å². The highest BCUT2D eigenvalue weighted by atomic mass is 16.5. The fraction of sp³-hybridized carbons (Fsp3) is 0.462. The Morgan fingerprint density at radius 2 is 1.97 bits per heavy atom. The van der Waals surface area contributed by atoms with Crippen molar-refractivity contribution >= 4 is 16.7 Å². The normalized spacial score (nSPS) is 22.3. The third-order valence-electron chi connectivity index (χ3n) is 7.03. The summed E-state index contributed by atoms with van der Waals surface area (Å²) in [6, 6.07) is 8.62. The van der Waals surface area contributed by atoms with Gasteiger partial charge in [0, 0.05) is 29.1 Å². The van der Waals surface area contributed by atoms with Crippen LogP contribution in [-0.2, 0) is 12.5 Å². The van der Waals surface area contributed by atoms with Crippen LogP contribution >= 0.6 is 0 Å². The molecule has 0 saturated carbocycles. The fourth-order valence-electron chi connectivity index (χ4n) is 5.44. The lowest BCUT2D eigenvalue weighted by Gasteiger charge is -2.46. The number of nitrogens with one attached hydrogen (secondary N) is 1. The molecule has 0 fully saturated rings. The number of benzene rings is 1. The molecule has 0 radical (unpaired) electrons. The van der Waals surface area contributed by atoms with E-state index in [-0.39, 0.29) is 16.9 Å². The Bertz CT molecular complexity index is 1200. The van der Waals surface area contributed by atoms with Crippen molar-refractivity contribution in [3.63, 3.8) is 0 Å². The van der Waals surface area contributed by atoms with Crippen molar-refractivity contribution in [2.24, 2.45) is 12.5 Å². The van der Waals surface area contributed by atoms with Gasteiger partial charge in [-0.05, 0) is 68.7 Å². The Balaban J connectivity index is 1.79. The predicted molar refractivity (Wildman–Crippen MR) is 125 cm³/mol. The number of nitrogens with zero attached hydrogens (tertiary/aromatic N) is 3. The van der Waals surface area contributed by atoms with Crippen LogP contribution < -0.4 is 10.1 Å². The van der Waals surface area contributed by atoms with Crippen molar-refractivity contribution in [3.8, 4) is 5.75 Å². The first kappa shape index (κ1) is 20.1. The molecule has 0 spiro atoms. The van der Waals surface area contributed by atoms with Gasteiger partial charge in [-0.2, -0.15) is 5.10 Å². The van der Waals surface area contributed by atoms with Crippen LogP contribution in [-0.4, -0.2) is 20.9 Å². The van der Waals surface area contributed by atoms with Crippen LogP contribution in [0.15, 0.2) is 47.9 Å². The van der Waals surface area contributed by atoms with Gasteiger partial charge in [0.1, 0.15) is 11.6 Å². The van der Waals surface area contributed by atoms with Crippen molar-refractivity contribution in [2.75, 3.05) is 5.32 Å². The van der Waals surface area contributed by atoms with E-state index in [2.05, 4.69) is 69.3 Å². The maximum absolute atomic E-state index is 6.08. The third-order valence-corrected chi connectivity index (χ3v) is 7.03.